The fraction of sp³-hybridized carbons (Fsp3) is 0.556. The Kier molecular flexibility index (Phi) is 8.00. The predicted octanol–water partition coefficient (Wildman–Crippen LogP) is 4.69. The summed E-state index contributed by atoms with van der Waals surface area (Å²) in [4.78, 5) is 31.2. The molecule has 8 heteroatoms. The molecule has 1 N–H and O–H groups in total. The second kappa shape index (κ2) is 11.2. The third kappa shape index (κ3) is 7.24. The minimum atomic E-state index is -0.436. The molecule has 2 aliphatic heterocycles. The van der Waals surface area contributed by atoms with Crippen molar-refractivity contribution in [1.82, 2.24) is 9.80 Å². The van der Waals surface area contributed by atoms with Gasteiger partial charge in [-0.25, -0.2) is 4.79 Å². The van der Waals surface area contributed by atoms with Gasteiger partial charge in [0.15, 0.2) is 5.76 Å². The molecule has 0 radical (unpaired) electrons. The van der Waals surface area contributed by atoms with Gasteiger partial charge in [0.25, 0.3) is 5.91 Å². The van der Waals surface area contributed by atoms with Gasteiger partial charge in [-0.05, 0) is 88.9 Å². The molecule has 3 heterocycles. The summed E-state index contributed by atoms with van der Waals surface area (Å²) in [7, 11) is 0. The number of piperazine rings is 1. The molecule has 0 spiro atoms. The van der Waals surface area contributed by atoms with Crippen molar-refractivity contribution < 1.29 is 18.7 Å². The Morgan fingerprint density at radius 3 is 2.29 bits per heavy atom. The van der Waals surface area contributed by atoms with Crippen molar-refractivity contribution in [3.8, 4) is 0 Å². The van der Waals surface area contributed by atoms with Gasteiger partial charge in [0.05, 0.1) is 6.26 Å². The first kappa shape index (κ1) is 25.1. The fourth-order valence-electron chi connectivity index (χ4n) is 4.68. The molecule has 2 saturated heterocycles. The Morgan fingerprint density at radius 2 is 1.69 bits per heavy atom. The van der Waals surface area contributed by atoms with Gasteiger partial charge in [-0.3, -0.25) is 9.69 Å². The number of benzene rings is 1. The van der Waals surface area contributed by atoms with Crippen LogP contribution in [-0.2, 0) is 4.74 Å². The number of nitrogens with zero attached hydrogens (tertiary/aromatic N) is 3. The summed E-state index contributed by atoms with van der Waals surface area (Å²) in [6, 6.07) is 11.3. The average molecular weight is 483 g/mol. The lowest BCUT2D eigenvalue weighted by Gasteiger charge is -2.38. The monoisotopic (exact) mass is 482 g/mol. The highest BCUT2D eigenvalue weighted by molar-refractivity contribution is 6.02. The Labute approximate surface area is 208 Å². The summed E-state index contributed by atoms with van der Waals surface area (Å²) in [5.74, 6) is 0.737. The molecule has 2 aromatic rings. The molecule has 0 bridgehead atoms. The summed E-state index contributed by atoms with van der Waals surface area (Å²) in [5.41, 5.74) is 1.50. The molecule has 8 nitrogen and oxygen atoms in total. The van der Waals surface area contributed by atoms with Crippen molar-refractivity contribution in [2.75, 3.05) is 56.0 Å². The normalized spacial score (nSPS) is 17.9. The maximum Gasteiger partial charge on any atom is 0.410 e. The van der Waals surface area contributed by atoms with E-state index in [2.05, 4.69) is 27.2 Å². The van der Waals surface area contributed by atoms with Crippen molar-refractivity contribution >= 4 is 23.4 Å². The van der Waals surface area contributed by atoms with E-state index in [1.165, 1.54) is 18.4 Å². The summed E-state index contributed by atoms with van der Waals surface area (Å²) in [5, 5.41) is 2.86. The van der Waals surface area contributed by atoms with Crippen LogP contribution in [0.25, 0.3) is 0 Å². The second-order valence-corrected chi connectivity index (χ2v) is 10.5. The molecule has 2 amide bonds. The van der Waals surface area contributed by atoms with Crippen molar-refractivity contribution in [1.29, 1.82) is 0 Å². The molecular weight excluding hydrogens is 444 g/mol. The van der Waals surface area contributed by atoms with Crippen LogP contribution in [0.4, 0.5) is 16.2 Å². The minimum Gasteiger partial charge on any atom is -0.459 e. The van der Waals surface area contributed by atoms with E-state index in [0.717, 1.165) is 64.3 Å². The molecule has 0 saturated carbocycles. The first-order valence-electron chi connectivity index (χ1n) is 12.7. The van der Waals surface area contributed by atoms with E-state index in [1.54, 1.807) is 12.1 Å². The largest absolute Gasteiger partial charge is 0.459 e. The topological polar surface area (TPSA) is 78.3 Å². The van der Waals surface area contributed by atoms with Crippen LogP contribution in [-0.4, -0.2) is 73.2 Å². The van der Waals surface area contributed by atoms with Crippen LogP contribution in [0.3, 0.4) is 0 Å². The number of likely N-dealkylation sites (tertiary alicyclic amines) is 1. The number of ether oxygens (including phenoxy) is 1. The quantitative estimate of drug-likeness (QED) is 0.644. The number of rotatable bonds is 6. The number of carbonyl (C=O) groups excluding carboxylic acids is 2. The summed E-state index contributed by atoms with van der Waals surface area (Å²) >= 11 is 0. The SMILES string of the molecule is CC(C)(C)OC(=O)N1CCC(CCN2CCN(c3ccc(NC(=O)c4ccco4)cc3)CC2)CC1. The second-order valence-electron chi connectivity index (χ2n) is 10.5. The minimum absolute atomic E-state index is 0.181. The van der Waals surface area contributed by atoms with Gasteiger partial charge in [0.2, 0.25) is 0 Å². The molecule has 190 valence electrons. The van der Waals surface area contributed by atoms with E-state index in [1.807, 2.05) is 37.8 Å². The molecule has 1 aromatic heterocycles. The van der Waals surface area contributed by atoms with Crippen LogP contribution in [0, 0.1) is 5.92 Å². The highest BCUT2D eigenvalue weighted by Crippen LogP contribution is 2.24. The Bertz CT molecular complexity index is 952. The van der Waals surface area contributed by atoms with Crippen molar-refractivity contribution in [2.45, 2.75) is 45.6 Å². The lowest BCUT2D eigenvalue weighted by atomic mass is 9.93. The van der Waals surface area contributed by atoms with E-state index >= 15 is 0 Å². The summed E-state index contributed by atoms with van der Waals surface area (Å²) in [6.45, 7) is 12.5. The Morgan fingerprint density at radius 1 is 1.00 bits per heavy atom. The number of anilines is 2. The smallest absolute Gasteiger partial charge is 0.410 e. The lowest BCUT2D eigenvalue weighted by Crippen LogP contribution is -2.47. The zero-order valence-electron chi connectivity index (χ0n) is 21.2. The fourth-order valence-corrected chi connectivity index (χ4v) is 4.68. The standard InChI is InChI=1S/C27H38N4O4/c1-27(2,3)35-26(33)31-14-11-21(12-15-31)10-13-29-16-18-30(19-17-29)23-8-6-22(7-9-23)28-25(32)24-5-4-20-34-24/h4-9,20-21H,10-19H2,1-3H3,(H,28,32). The number of piperidine rings is 1. The summed E-state index contributed by atoms with van der Waals surface area (Å²) in [6.07, 6.45) is 4.61. The zero-order chi connectivity index (χ0) is 24.8. The van der Waals surface area contributed by atoms with Gasteiger partial charge in [-0.15, -0.1) is 0 Å². The third-order valence-corrected chi connectivity index (χ3v) is 6.73. The molecule has 2 fully saturated rings. The van der Waals surface area contributed by atoms with Gasteiger partial charge in [-0.2, -0.15) is 0 Å². The lowest BCUT2D eigenvalue weighted by molar-refractivity contribution is 0.0177. The van der Waals surface area contributed by atoms with Gasteiger partial charge >= 0.3 is 6.09 Å². The number of amides is 2. The Hall–Kier alpha value is -3.00. The van der Waals surface area contributed by atoms with Crippen molar-refractivity contribution in [3.63, 3.8) is 0 Å². The number of furan rings is 1. The molecule has 0 unspecified atom stereocenters. The molecule has 0 aliphatic carbocycles. The molecular formula is C27H38N4O4. The van der Waals surface area contributed by atoms with Crippen LogP contribution in [0.5, 0.6) is 0 Å². The first-order valence-corrected chi connectivity index (χ1v) is 12.7. The van der Waals surface area contributed by atoms with Crippen LogP contribution >= 0.6 is 0 Å². The highest BCUT2D eigenvalue weighted by Gasteiger charge is 2.27. The average Bonchev–Trinajstić information content (AvgIpc) is 3.38. The maximum absolute atomic E-state index is 12.3. The van der Waals surface area contributed by atoms with E-state index < -0.39 is 5.60 Å². The van der Waals surface area contributed by atoms with E-state index in [4.69, 9.17) is 9.15 Å². The van der Waals surface area contributed by atoms with Crippen LogP contribution < -0.4 is 10.2 Å². The van der Waals surface area contributed by atoms with Crippen LogP contribution in [0.15, 0.2) is 47.1 Å². The van der Waals surface area contributed by atoms with Gasteiger partial charge in [-0.1, -0.05) is 0 Å². The number of hydrogen-bond donors (Lipinski definition) is 1. The summed E-state index contributed by atoms with van der Waals surface area (Å²) < 4.78 is 10.6. The Balaban J connectivity index is 1.15. The van der Waals surface area contributed by atoms with Crippen LogP contribution in [0.2, 0.25) is 0 Å². The van der Waals surface area contributed by atoms with Gasteiger partial charge in [0.1, 0.15) is 5.60 Å². The molecule has 4 rings (SSSR count). The predicted molar refractivity (Wildman–Crippen MR) is 137 cm³/mol. The number of hydrogen-bond acceptors (Lipinski definition) is 6. The highest BCUT2D eigenvalue weighted by atomic mass is 16.6. The molecule has 2 aliphatic rings. The van der Waals surface area contributed by atoms with E-state index in [9.17, 15) is 9.59 Å². The van der Waals surface area contributed by atoms with Crippen LogP contribution in [0.1, 0.15) is 50.6 Å². The zero-order valence-corrected chi connectivity index (χ0v) is 21.2. The molecule has 35 heavy (non-hydrogen) atoms. The number of nitrogens with one attached hydrogen (secondary N) is 1. The van der Waals surface area contributed by atoms with Crippen molar-refractivity contribution in [2.24, 2.45) is 5.92 Å². The van der Waals surface area contributed by atoms with Gasteiger partial charge in [0, 0.05) is 50.6 Å². The first-order chi connectivity index (χ1) is 16.8. The van der Waals surface area contributed by atoms with E-state index in [0.29, 0.717) is 11.7 Å². The van der Waals surface area contributed by atoms with Crippen molar-refractivity contribution in [3.05, 3.63) is 48.4 Å². The molecule has 1 aromatic carbocycles. The van der Waals surface area contributed by atoms with E-state index in [-0.39, 0.29) is 12.0 Å². The molecule has 0 atom stereocenters. The number of carbonyl (C=O) groups is 2. The maximum atomic E-state index is 12.3. The third-order valence-electron chi connectivity index (χ3n) is 6.73. The van der Waals surface area contributed by atoms with Gasteiger partial charge < -0.3 is 24.3 Å².